The van der Waals surface area contributed by atoms with Gasteiger partial charge in [-0.3, -0.25) is 4.79 Å². The Labute approximate surface area is 116 Å². The maximum absolute atomic E-state index is 11.3. The van der Waals surface area contributed by atoms with Crippen LogP contribution in [0.5, 0.6) is 0 Å². The van der Waals surface area contributed by atoms with E-state index in [1.165, 1.54) is 0 Å². The monoisotopic (exact) mass is 281 g/mol. The molecule has 1 aromatic carbocycles. The van der Waals surface area contributed by atoms with Gasteiger partial charge in [-0.1, -0.05) is 35.3 Å². The average molecular weight is 282 g/mol. The molecule has 18 heavy (non-hydrogen) atoms. The van der Waals surface area contributed by atoms with Gasteiger partial charge in [0, 0.05) is 40.1 Å². The van der Waals surface area contributed by atoms with E-state index in [9.17, 15) is 4.79 Å². The molecular weight excluding hydrogens is 269 g/mol. The lowest BCUT2D eigenvalue weighted by Gasteiger charge is -2.21. The van der Waals surface area contributed by atoms with Crippen molar-refractivity contribution in [2.24, 2.45) is 0 Å². The molecule has 2 rings (SSSR count). The van der Waals surface area contributed by atoms with Crippen LogP contribution in [0.3, 0.4) is 0 Å². The summed E-state index contributed by atoms with van der Waals surface area (Å²) in [4.78, 5) is 13.3. The number of ketones is 1. The van der Waals surface area contributed by atoms with Gasteiger partial charge in [0.25, 0.3) is 0 Å². The molecule has 1 aliphatic rings. The van der Waals surface area contributed by atoms with Crippen LogP contribution in [-0.2, 0) is 11.3 Å². The van der Waals surface area contributed by atoms with Gasteiger partial charge in [-0.25, -0.2) is 0 Å². The van der Waals surface area contributed by atoms with E-state index in [1.54, 1.807) is 6.92 Å². The van der Waals surface area contributed by atoms with Crippen LogP contribution < -0.4 is 0 Å². The molecule has 0 atom stereocenters. The van der Waals surface area contributed by atoms with Crippen molar-refractivity contribution in [2.45, 2.75) is 19.9 Å². The van der Waals surface area contributed by atoms with E-state index in [0.29, 0.717) is 23.0 Å². The number of nitrogens with zero attached hydrogens (tertiary/aromatic N) is 1. The topological polar surface area (TPSA) is 20.3 Å². The summed E-state index contributed by atoms with van der Waals surface area (Å²) in [5.41, 5.74) is 1.66. The first-order valence-electron chi connectivity index (χ1n) is 5.65. The van der Waals surface area contributed by atoms with Crippen LogP contribution in [0.1, 0.15) is 18.9 Å². The zero-order chi connectivity index (χ0) is 13.1. The maximum atomic E-state index is 11.3. The summed E-state index contributed by atoms with van der Waals surface area (Å²) in [5, 5.41) is 1.28. The molecule has 0 aliphatic carbocycles. The first kappa shape index (κ1) is 13.2. The van der Waals surface area contributed by atoms with Crippen molar-refractivity contribution in [3.8, 4) is 0 Å². The molecule has 0 spiro atoms. The molecule has 1 aromatic rings. The molecule has 4 heteroatoms. The number of hydrogen-bond donors (Lipinski definition) is 0. The van der Waals surface area contributed by atoms with Gasteiger partial charge in [-0.2, -0.15) is 0 Å². The Morgan fingerprint density at radius 1 is 1.33 bits per heavy atom. The second kappa shape index (κ2) is 5.59. The smallest absolute Gasteiger partial charge is 0.157 e. The lowest BCUT2D eigenvalue weighted by Crippen LogP contribution is -2.15. The molecule has 2 nitrogen and oxygen atoms in total. The molecule has 0 amide bonds. The Bertz CT molecular complexity index is 514. The predicted molar refractivity (Wildman–Crippen MR) is 74.5 cm³/mol. The van der Waals surface area contributed by atoms with Gasteiger partial charge in [0.15, 0.2) is 5.78 Å². The Balaban J connectivity index is 2.22. The molecule has 0 fully saturated rings. The zero-order valence-electron chi connectivity index (χ0n) is 9.99. The fourth-order valence-electron chi connectivity index (χ4n) is 1.81. The van der Waals surface area contributed by atoms with Crippen molar-refractivity contribution in [3.63, 3.8) is 0 Å². The van der Waals surface area contributed by atoms with E-state index in [-0.39, 0.29) is 5.78 Å². The number of benzene rings is 1. The number of hydrogen-bond acceptors (Lipinski definition) is 2. The maximum Gasteiger partial charge on any atom is 0.157 e. The SMILES string of the molecule is CC(=O)C1=CN(Cc2c(Cl)cccc2Cl)C=CC1. The van der Waals surface area contributed by atoms with Crippen molar-refractivity contribution in [2.75, 3.05) is 0 Å². The third-order valence-corrected chi connectivity index (χ3v) is 3.52. The molecule has 0 N–H and O–H groups in total. The lowest BCUT2D eigenvalue weighted by atomic mass is 10.1. The van der Waals surface area contributed by atoms with Crippen LogP contribution in [-0.4, -0.2) is 10.7 Å². The molecule has 0 saturated carbocycles. The number of rotatable bonds is 3. The van der Waals surface area contributed by atoms with E-state index in [4.69, 9.17) is 23.2 Å². The van der Waals surface area contributed by atoms with Gasteiger partial charge in [0.1, 0.15) is 0 Å². The second-order valence-electron chi connectivity index (χ2n) is 4.17. The molecule has 0 saturated heterocycles. The van der Waals surface area contributed by atoms with E-state index >= 15 is 0 Å². The van der Waals surface area contributed by atoms with E-state index < -0.39 is 0 Å². The highest BCUT2D eigenvalue weighted by Crippen LogP contribution is 2.27. The molecule has 94 valence electrons. The first-order chi connectivity index (χ1) is 8.58. The lowest BCUT2D eigenvalue weighted by molar-refractivity contribution is -0.113. The fourth-order valence-corrected chi connectivity index (χ4v) is 2.33. The highest BCUT2D eigenvalue weighted by atomic mass is 35.5. The van der Waals surface area contributed by atoms with E-state index in [1.807, 2.05) is 41.6 Å². The highest BCUT2D eigenvalue weighted by Gasteiger charge is 2.12. The van der Waals surface area contributed by atoms with Crippen molar-refractivity contribution in [1.29, 1.82) is 0 Å². The largest absolute Gasteiger partial charge is 0.350 e. The van der Waals surface area contributed by atoms with Gasteiger partial charge in [-0.15, -0.1) is 0 Å². The van der Waals surface area contributed by atoms with E-state index in [0.717, 1.165) is 11.1 Å². The molecule has 0 bridgehead atoms. The van der Waals surface area contributed by atoms with Crippen LogP contribution >= 0.6 is 23.2 Å². The molecule has 1 aliphatic heterocycles. The number of allylic oxidation sites excluding steroid dienone is 2. The summed E-state index contributed by atoms with van der Waals surface area (Å²) in [6.45, 7) is 2.14. The Morgan fingerprint density at radius 3 is 2.61 bits per heavy atom. The normalized spacial score (nSPS) is 14.6. The first-order valence-corrected chi connectivity index (χ1v) is 6.40. The number of halogens is 2. The molecule has 0 unspecified atom stereocenters. The number of carbonyl (C=O) groups is 1. The third kappa shape index (κ3) is 2.95. The summed E-state index contributed by atoms with van der Waals surface area (Å²) in [5.74, 6) is 0.0922. The minimum Gasteiger partial charge on any atom is -0.350 e. The number of Topliss-reactive ketones (excluding diaryl/α,β-unsaturated/α-hetero) is 1. The predicted octanol–water partition coefficient (Wildman–Crippen LogP) is 4.19. The fraction of sp³-hybridized carbons (Fsp3) is 0.214. The van der Waals surface area contributed by atoms with Crippen molar-refractivity contribution in [3.05, 3.63) is 57.9 Å². The zero-order valence-corrected chi connectivity index (χ0v) is 11.5. The van der Waals surface area contributed by atoms with Gasteiger partial charge in [0.05, 0.1) is 0 Å². The van der Waals surface area contributed by atoms with Crippen LogP contribution in [0.4, 0.5) is 0 Å². The van der Waals surface area contributed by atoms with Gasteiger partial charge < -0.3 is 4.90 Å². The van der Waals surface area contributed by atoms with Gasteiger partial charge in [0.2, 0.25) is 0 Å². The standard InChI is InChI=1S/C14H13Cl2NO/c1-10(18)11-4-3-7-17(8-11)9-12-13(15)5-2-6-14(12)16/h2-3,5-8H,4,9H2,1H3. The minimum atomic E-state index is 0.0922. The van der Waals surface area contributed by atoms with Gasteiger partial charge >= 0.3 is 0 Å². The van der Waals surface area contributed by atoms with Crippen LogP contribution in [0.2, 0.25) is 10.0 Å². The summed E-state index contributed by atoms with van der Waals surface area (Å²) in [6, 6.07) is 5.44. The quantitative estimate of drug-likeness (QED) is 0.828. The Hall–Kier alpha value is -1.25. The van der Waals surface area contributed by atoms with Crippen LogP contribution in [0.15, 0.2) is 42.2 Å². The summed E-state index contributed by atoms with van der Waals surface area (Å²) >= 11 is 12.2. The summed E-state index contributed by atoms with van der Waals surface area (Å²) in [6.07, 6.45) is 6.43. The van der Waals surface area contributed by atoms with E-state index in [2.05, 4.69) is 0 Å². The Kier molecular flexibility index (Phi) is 4.10. The average Bonchev–Trinajstić information content (AvgIpc) is 2.34. The number of carbonyl (C=O) groups excluding carboxylic acids is 1. The second-order valence-corrected chi connectivity index (χ2v) is 4.99. The summed E-state index contributed by atoms with van der Waals surface area (Å²) < 4.78 is 0. The Morgan fingerprint density at radius 2 is 2.00 bits per heavy atom. The van der Waals surface area contributed by atoms with Crippen molar-refractivity contribution in [1.82, 2.24) is 4.90 Å². The van der Waals surface area contributed by atoms with Crippen LogP contribution in [0, 0.1) is 0 Å². The van der Waals surface area contributed by atoms with Gasteiger partial charge in [-0.05, 0) is 25.5 Å². The molecule has 0 aromatic heterocycles. The third-order valence-electron chi connectivity index (χ3n) is 2.81. The molecule has 1 heterocycles. The van der Waals surface area contributed by atoms with Crippen molar-refractivity contribution < 1.29 is 4.79 Å². The van der Waals surface area contributed by atoms with Crippen molar-refractivity contribution >= 4 is 29.0 Å². The summed E-state index contributed by atoms with van der Waals surface area (Å²) in [7, 11) is 0. The molecular formula is C14H13Cl2NO. The highest BCUT2D eigenvalue weighted by molar-refractivity contribution is 6.35. The minimum absolute atomic E-state index is 0.0922. The molecule has 0 radical (unpaired) electrons. The van der Waals surface area contributed by atoms with Crippen LogP contribution in [0.25, 0.3) is 0 Å².